The highest BCUT2D eigenvalue weighted by Gasteiger charge is 2.25. The summed E-state index contributed by atoms with van der Waals surface area (Å²) in [6, 6.07) is 5.61. The topological polar surface area (TPSA) is 78.9 Å². The number of nitrogens with zero attached hydrogens (tertiary/aromatic N) is 1. The number of nitrogens with one attached hydrogen (secondary N) is 1. The Morgan fingerprint density at radius 1 is 1.30 bits per heavy atom. The van der Waals surface area contributed by atoms with E-state index in [-0.39, 0.29) is 5.92 Å². The highest BCUT2D eigenvalue weighted by Crippen LogP contribution is 2.26. The zero-order valence-electron chi connectivity index (χ0n) is 12.1. The molecule has 0 aliphatic carbocycles. The van der Waals surface area contributed by atoms with Crippen LogP contribution in [0.2, 0.25) is 0 Å². The lowest BCUT2D eigenvalue weighted by molar-refractivity contribution is -0.140. The Bertz CT molecular complexity index is 488. The number of carboxylic acids is 1. The summed E-state index contributed by atoms with van der Waals surface area (Å²) in [6.45, 7) is 3.48. The second-order valence-corrected chi connectivity index (χ2v) is 4.74. The van der Waals surface area contributed by atoms with E-state index in [9.17, 15) is 9.59 Å². The average molecular weight is 280 g/mol. The molecular formula is C14H20N2O4. The Morgan fingerprint density at radius 3 is 2.40 bits per heavy atom. The molecule has 1 aromatic carbocycles. The van der Waals surface area contributed by atoms with Crippen LogP contribution in [0.5, 0.6) is 5.75 Å². The van der Waals surface area contributed by atoms with Crippen LogP contribution >= 0.6 is 0 Å². The van der Waals surface area contributed by atoms with Gasteiger partial charge in [0.15, 0.2) is 0 Å². The van der Waals surface area contributed by atoms with Crippen LogP contribution in [0.3, 0.4) is 0 Å². The minimum atomic E-state index is -1.05. The molecule has 0 aliphatic heterocycles. The lowest BCUT2D eigenvalue weighted by atomic mass is 10.1. The SMILES string of the molecule is COc1ccccc1N(C)C(=O)N[C@H](C(=O)O)C(C)C. The number of amides is 2. The smallest absolute Gasteiger partial charge is 0.326 e. The van der Waals surface area contributed by atoms with E-state index in [1.54, 1.807) is 45.2 Å². The maximum Gasteiger partial charge on any atom is 0.326 e. The molecule has 1 atom stereocenters. The van der Waals surface area contributed by atoms with Crippen molar-refractivity contribution >= 4 is 17.7 Å². The van der Waals surface area contributed by atoms with E-state index in [1.165, 1.54) is 12.0 Å². The zero-order valence-corrected chi connectivity index (χ0v) is 12.1. The molecule has 1 rings (SSSR count). The van der Waals surface area contributed by atoms with Gasteiger partial charge in [0.1, 0.15) is 11.8 Å². The number of para-hydroxylation sites is 2. The third-order valence-electron chi connectivity index (χ3n) is 2.96. The summed E-state index contributed by atoms with van der Waals surface area (Å²) in [5, 5.41) is 11.6. The number of carbonyl (C=O) groups excluding carboxylic acids is 1. The fraction of sp³-hybridized carbons (Fsp3) is 0.429. The molecule has 0 saturated carbocycles. The van der Waals surface area contributed by atoms with Crippen LogP contribution < -0.4 is 15.0 Å². The maximum absolute atomic E-state index is 12.1. The zero-order chi connectivity index (χ0) is 15.3. The third-order valence-corrected chi connectivity index (χ3v) is 2.96. The van der Waals surface area contributed by atoms with Crippen molar-refractivity contribution in [2.75, 3.05) is 19.1 Å². The molecule has 0 unspecified atom stereocenters. The summed E-state index contributed by atoms with van der Waals surface area (Å²) in [6.07, 6.45) is 0. The number of carbonyl (C=O) groups is 2. The Kier molecular flexibility index (Phi) is 5.37. The van der Waals surface area contributed by atoms with Gasteiger partial charge < -0.3 is 15.2 Å². The first-order valence-corrected chi connectivity index (χ1v) is 6.28. The van der Waals surface area contributed by atoms with Crippen LogP contribution in [-0.4, -0.2) is 37.3 Å². The normalized spacial score (nSPS) is 11.8. The van der Waals surface area contributed by atoms with Crippen molar-refractivity contribution in [2.24, 2.45) is 5.92 Å². The molecule has 1 aromatic rings. The number of benzene rings is 1. The van der Waals surface area contributed by atoms with Gasteiger partial charge >= 0.3 is 12.0 Å². The molecule has 0 radical (unpaired) electrons. The van der Waals surface area contributed by atoms with Crippen LogP contribution in [0.1, 0.15) is 13.8 Å². The van der Waals surface area contributed by atoms with E-state index >= 15 is 0 Å². The van der Waals surface area contributed by atoms with Crippen molar-refractivity contribution in [3.63, 3.8) is 0 Å². The second kappa shape index (κ2) is 6.79. The molecule has 6 nitrogen and oxygen atoms in total. The van der Waals surface area contributed by atoms with Gasteiger partial charge in [0.05, 0.1) is 12.8 Å². The Balaban J connectivity index is 2.89. The molecule has 0 heterocycles. The summed E-state index contributed by atoms with van der Waals surface area (Å²) in [5.41, 5.74) is 0.570. The molecule has 0 bridgehead atoms. The first kappa shape index (κ1) is 15.8. The van der Waals surface area contributed by atoms with Crippen molar-refractivity contribution in [3.05, 3.63) is 24.3 Å². The summed E-state index contributed by atoms with van der Waals surface area (Å²) in [4.78, 5) is 24.6. The van der Waals surface area contributed by atoms with Gasteiger partial charge in [-0.2, -0.15) is 0 Å². The Hall–Kier alpha value is -2.24. The van der Waals surface area contributed by atoms with E-state index in [2.05, 4.69) is 5.32 Å². The molecule has 110 valence electrons. The monoisotopic (exact) mass is 280 g/mol. The van der Waals surface area contributed by atoms with E-state index < -0.39 is 18.0 Å². The molecule has 2 N–H and O–H groups in total. The van der Waals surface area contributed by atoms with Gasteiger partial charge in [-0.1, -0.05) is 26.0 Å². The molecule has 0 spiro atoms. The summed E-state index contributed by atoms with van der Waals surface area (Å²) in [7, 11) is 3.07. The maximum atomic E-state index is 12.1. The summed E-state index contributed by atoms with van der Waals surface area (Å²) in [5.74, 6) is -0.717. The number of methoxy groups -OCH3 is 1. The lowest BCUT2D eigenvalue weighted by Crippen LogP contribution is -2.49. The molecule has 2 amide bonds. The van der Waals surface area contributed by atoms with Crippen LogP contribution in [0.4, 0.5) is 10.5 Å². The van der Waals surface area contributed by atoms with E-state index in [0.29, 0.717) is 11.4 Å². The van der Waals surface area contributed by atoms with Gasteiger partial charge in [-0.15, -0.1) is 0 Å². The highest BCUT2D eigenvalue weighted by atomic mass is 16.5. The molecular weight excluding hydrogens is 260 g/mol. The van der Waals surface area contributed by atoms with Gasteiger partial charge in [0, 0.05) is 7.05 Å². The highest BCUT2D eigenvalue weighted by molar-refractivity contribution is 5.95. The summed E-state index contributed by atoms with van der Waals surface area (Å²) >= 11 is 0. The van der Waals surface area contributed by atoms with Gasteiger partial charge in [0.2, 0.25) is 0 Å². The molecule has 6 heteroatoms. The van der Waals surface area contributed by atoms with Crippen molar-refractivity contribution in [1.29, 1.82) is 0 Å². The van der Waals surface area contributed by atoms with Crippen LogP contribution in [-0.2, 0) is 4.79 Å². The first-order chi connectivity index (χ1) is 9.38. The fourth-order valence-corrected chi connectivity index (χ4v) is 1.76. The standard InChI is InChI=1S/C14H20N2O4/c1-9(2)12(13(17)18)15-14(19)16(3)10-7-5-6-8-11(10)20-4/h5-9,12H,1-4H3,(H,15,19)(H,17,18)/t12-/m0/s1. The predicted molar refractivity (Wildman–Crippen MR) is 76.2 cm³/mol. The van der Waals surface area contributed by atoms with Gasteiger partial charge in [-0.3, -0.25) is 4.90 Å². The minimum Gasteiger partial charge on any atom is -0.495 e. The van der Waals surface area contributed by atoms with Crippen LogP contribution in [0.25, 0.3) is 0 Å². The van der Waals surface area contributed by atoms with Crippen LogP contribution in [0.15, 0.2) is 24.3 Å². The Morgan fingerprint density at radius 2 is 1.90 bits per heavy atom. The molecule has 0 fully saturated rings. The van der Waals surface area contributed by atoms with Gasteiger partial charge in [-0.05, 0) is 18.1 Å². The molecule has 20 heavy (non-hydrogen) atoms. The lowest BCUT2D eigenvalue weighted by Gasteiger charge is -2.24. The van der Waals surface area contributed by atoms with E-state index in [1.807, 2.05) is 0 Å². The molecule has 0 aliphatic rings. The quantitative estimate of drug-likeness (QED) is 0.864. The van der Waals surface area contributed by atoms with Crippen molar-refractivity contribution in [2.45, 2.75) is 19.9 Å². The number of anilines is 1. The third kappa shape index (κ3) is 3.63. The summed E-state index contributed by atoms with van der Waals surface area (Å²) < 4.78 is 5.18. The first-order valence-electron chi connectivity index (χ1n) is 6.28. The number of urea groups is 1. The Labute approximate surface area is 118 Å². The van der Waals surface area contributed by atoms with E-state index in [0.717, 1.165) is 0 Å². The number of carboxylic acid groups (broad SMARTS) is 1. The van der Waals surface area contributed by atoms with E-state index in [4.69, 9.17) is 9.84 Å². The van der Waals surface area contributed by atoms with Crippen molar-refractivity contribution in [3.8, 4) is 5.75 Å². The second-order valence-electron chi connectivity index (χ2n) is 4.74. The largest absolute Gasteiger partial charge is 0.495 e. The molecule has 0 aromatic heterocycles. The number of ether oxygens (including phenoxy) is 1. The van der Waals surface area contributed by atoms with Crippen LogP contribution in [0, 0.1) is 5.92 Å². The number of aliphatic carboxylic acids is 1. The van der Waals surface area contributed by atoms with Gasteiger partial charge in [-0.25, -0.2) is 9.59 Å². The average Bonchev–Trinajstić information content (AvgIpc) is 2.42. The number of rotatable bonds is 5. The van der Waals surface area contributed by atoms with Crippen molar-refractivity contribution < 1.29 is 19.4 Å². The number of hydrogen-bond donors (Lipinski definition) is 2. The fourth-order valence-electron chi connectivity index (χ4n) is 1.76. The number of hydrogen-bond acceptors (Lipinski definition) is 3. The predicted octanol–water partition coefficient (Wildman–Crippen LogP) is 1.95. The minimum absolute atomic E-state index is 0.206. The van der Waals surface area contributed by atoms with Crippen molar-refractivity contribution in [1.82, 2.24) is 5.32 Å². The van der Waals surface area contributed by atoms with Gasteiger partial charge in [0.25, 0.3) is 0 Å². The molecule has 0 saturated heterocycles.